The summed E-state index contributed by atoms with van der Waals surface area (Å²) in [7, 11) is 0. The fraction of sp³-hybridized carbons (Fsp3) is 0.190. The number of carbonyl (C=O) groups is 2. The van der Waals surface area contributed by atoms with Crippen LogP contribution in [0.5, 0.6) is 5.75 Å². The van der Waals surface area contributed by atoms with Crippen molar-refractivity contribution in [3.05, 3.63) is 71.3 Å². The average molecular weight is 363 g/mol. The maximum absolute atomic E-state index is 12.2. The van der Waals surface area contributed by atoms with Gasteiger partial charge in [0, 0.05) is 13.1 Å². The number of nitrogens with one attached hydrogen (secondary N) is 2. The van der Waals surface area contributed by atoms with Gasteiger partial charge < -0.3 is 15.4 Å². The number of rotatable bonds is 8. The van der Waals surface area contributed by atoms with E-state index in [1.165, 1.54) is 6.08 Å². The van der Waals surface area contributed by atoms with E-state index >= 15 is 0 Å². The Morgan fingerprint density at radius 1 is 1.07 bits per heavy atom. The van der Waals surface area contributed by atoms with E-state index in [4.69, 9.17) is 4.74 Å². The highest BCUT2D eigenvalue weighted by Crippen LogP contribution is 2.14. The zero-order valence-electron chi connectivity index (χ0n) is 15.1. The summed E-state index contributed by atoms with van der Waals surface area (Å²) in [6, 6.07) is 18.2. The first-order valence-corrected chi connectivity index (χ1v) is 8.56. The summed E-state index contributed by atoms with van der Waals surface area (Å²) < 4.78 is 5.36. The lowest BCUT2D eigenvalue weighted by Crippen LogP contribution is -2.28. The van der Waals surface area contributed by atoms with Crippen molar-refractivity contribution in [2.45, 2.75) is 13.5 Å². The van der Waals surface area contributed by atoms with Crippen LogP contribution in [0.3, 0.4) is 0 Å². The van der Waals surface area contributed by atoms with Crippen molar-refractivity contribution in [1.82, 2.24) is 10.6 Å². The normalized spacial score (nSPS) is 10.6. The molecule has 0 heterocycles. The van der Waals surface area contributed by atoms with Crippen molar-refractivity contribution < 1.29 is 14.3 Å². The minimum atomic E-state index is -0.432. The number of amides is 2. The Labute approximate surface area is 158 Å². The van der Waals surface area contributed by atoms with Gasteiger partial charge in [-0.1, -0.05) is 42.5 Å². The van der Waals surface area contributed by atoms with E-state index in [2.05, 4.69) is 10.6 Å². The molecule has 0 spiro atoms. The molecule has 0 atom stereocenters. The Bertz CT molecular complexity index is 837. The molecule has 2 N–H and O–H groups in total. The molecule has 0 bridgehead atoms. The van der Waals surface area contributed by atoms with Gasteiger partial charge in [0.25, 0.3) is 11.8 Å². The molecule has 27 heavy (non-hydrogen) atoms. The number of ether oxygens (including phenoxy) is 1. The van der Waals surface area contributed by atoms with Gasteiger partial charge in [-0.25, -0.2) is 0 Å². The van der Waals surface area contributed by atoms with Gasteiger partial charge in [-0.2, -0.15) is 5.26 Å². The third-order valence-corrected chi connectivity index (χ3v) is 3.60. The van der Waals surface area contributed by atoms with E-state index in [9.17, 15) is 14.9 Å². The van der Waals surface area contributed by atoms with Crippen LogP contribution in [0.25, 0.3) is 6.08 Å². The fourth-order valence-electron chi connectivity index (χ4n) is 2.25. The van der Waals surface area contributed by atoms with Crippen LogP contribution in [0.1, 0.15) is 18.1 Å². The highest BCUT2D eigenvalue weighted by atomic mass is 16.5. The highest BCUT2D eigenvalue weighted by molar-refractivity contribution is 6.01. The number of hydrogen-bond donors (Lipinski definition) is 2. The standard InChI is InChI=1S/C21H21N3O3/c1-2-23-20(25)15-27-19-10-8-16(9-11-19)12-18(13-22)21(26)24-14-17-6-4-3-5-7-17/h3-12H,2,14-15H2,1H3,(H,23,25)(H,24,26). The third-order valence-electron chi connectivity index (χ3n) is 3.60. The number of likely N-dealkylation sites (N-methyl/N-ethyl adjacent to an activating group) is 1. The number of benzene rings is 2. The summed E-state index contributed by atoms with van der Waals surface area (Å²) in [6.07, 6.45) is 1.51. The molecule has 138 valence electrons. The van der Waals surface area contributed by atoms with Crippen LogP contribution in [0.4, 0.5) is 0 Å². The van der Waals surface area contributed by atoms with Crippen molar-refractivity contribution in [2.75, 3.05) is 13.2 Å². The fourth-order valence-corrected chi connectivity index (χ4v) is 2.25. The molecule has 0 saturated heterocycles. The average Bonchev–Trinajstić information content (AvgIpc) is 2.70. The molecule has 6 heteroatoms. The first-order chi connectivity index (χ1) is 13.1. The Morgan fingerprint density at radius 2 is 1.78 bits per heavy atom. The second-order valence-electron chi connectivity index (χ2n) is 5.65. The molecule has 0 aliphatic carbocycles. The van der Waals surface area contributed by atoms with Gasteiger partial charge in [-0.15, -0.1) is 0 Å². The molecule has 6 nitrogen and oxygen atoms in total. The van der Waals surface area contributed by atoms with E-state index in [0.717, 1.165) is 5.56 Å². The molecule has 0 aromatic heterocycles. The van der Waals surface area contributed by atoms with Crippen molar-refractivity contribution >= 4 is 17.9 Å². The van der Waals surface area contributed by atoms with Crippen LogP contribution in [0, 0.1) is 11.3 Å². The summed E-state index contributed by atoms with van der Waals surface area (Å²) in [6.45, 7) is 2.68. The van der Waals surface area contributed by atoms with Crippen LogP contribution in [-0.2, 0) is 16.1 Å². The largest absolute Gasteiger partial charge is 0.484 e. The molecule has 0 radical (unpaired) electrons. The molecule has 2 aromatic carbocycles. The second kappa shape index (κ2) is 10.4. The van der Waals surface area contributed by atoms with Crippen LogP contribution in [0.15, 0.2) is 60.2 Å². The Balaban J connectivity index is 1.95. The van der Waals surface area contributed by atoms with Crippen LogP contribution in [0.2, 0.25) is 0 Å². The smallest absolute Gasteiger partial charge is 0.262 e. The molecule has 2 rings (SSSR count). The van der Waals surface area contributed by atoms with E-state index < -0.39 is 5.91 Å². The van der Waals surface area contributed by atoms with Gasteiger partial charge >= 0.3 is 0 Å². The SMILES string of the molecule is CCNC(=O)COc1ccc(C=C(C#N)C(=O)NCc2ccccc2)cc1. The summed E-state index contributed by atoms with van der Waals surface area (Å²) in [5.74, 6) is -0.0910. The van der Waals surface area contributed by atoms with Crippen LogP contribution < -0.4 is 15.4 Å². The molecular weight excluding hydrogens is 342 g/mol. The predicted molar refractivity (Wildman–Crippen MR) is 102 cm³/mol. The molecule has 2 aromatic rings. The molecule has 0 aliphatic heterocycles. The topological polar surface area (TPSA) is 91.2 Å². The van der Waals surface area contributed by atoms with Crippen LogP contribution >= 0.6 is 0 Å². The lowest BCUT2D eigenvalue weighted by Gasteiger charge is -2.07. The van der Waals surface area contributed by atoms with Crippen molar-refractivity contribution in [3.63, 3.8) is 0 Å². The van der Waals surface area contributed by atoms with Gasteiger partial charge in [0.05, 0.1) is 0 Å². The number of nitrogens with zero attached hydrogens (tertiary/aromatic N) is 1. The maximum Gasteiger partial charge on any atom is 0.262 e. The van der Waals surface area contributed by atoms with Crippen molar-refractivity contribution in [3.8, 4) is 11.8 Å². The monoisotopic (exact) mass is 363 g/mol. The van der Waals surface area contributed by atoms with Crippen molar-refractivity contribution in [1.29, 1.82) is 5.26 Å². The minimum absolute atomic E-state index is 0.0157. The van der Waals surface area contributed by atoms with Gasteiger partial charge in [0.15, 0.2) is 6.61 Å². The summed E-state index contributed by atoms with van der Waals surface area (Å²) in [5, 5.41) is 14.6. The number of nitriles is 1. The summed E-state index contributed by atoms with van der Waals surface area (Å²) in [5.41, 5.74) is 1.66. The first-order valence-electron chi connectivity index (χ1n) is 8.56. The lowest BCUT2D eigenvalue weighted by atomic mass is 10.1. The minimum Gasteiger partial charge on any atom is -0.484 e. The Kier molecular flexibility index (Phi) is 7.61. The first kappa shape index (κ1) is 19.7. The molecule has 0 saturated carbocycles. The molecule has 0 fully saturated rings. The van der Waals surface area contributed by atoms with E-state index in [1.807, 2.05) is 43.3 Å². The Hall–Kier alpha value is -3.59. The third kappa shape index (κ3) is 6.67. The predicted octanol–water partition coefficient (Wildman–Crippen LogP) is 2.42. The molecule has 2 amide bonds. The Morgan fingerprint density at radius 3 is 2.41 bits per heavy atom. The highest BCUT2D eigenvalue weighted by Gasteiger charge is 2.09. The molecule has 0 aliphatic rings. The maximum atomic E-state index is 12.2. The van der Waals surface area contributed by atoms with Gasteiger partial charge in [0.2, 0.25) is 0 Å². The zero-order chi connectivity index (χ0) is 19.5. The van der Waals surface area contributed by atoms with Gasteiger partial charge in [0.1, 0.15) is 17.4 Å². The van der Waals surface area contributed by atoms with Crippen molar-refractivity contribution in [2.24, 2.45) is 0 Å². The van der Waals surface area contributed by atoms with E-state index in [-0.39, 0.29) is 18.1 Å². The van der Waals surface area contributed by atoms with E-state index in [0.29, 0.717) is 24.4 Å². The van der Waals surface area contributed by atoms with Gasteiger partial charge in [-0.3, -0.25) is 9.59 Å². The van der Waals surface area contributed by atoms with Gasteiger partial charge in [-0.05, 0) is 36.3 Å². The zero-order valence-corrected chi connectivity index (χ0v) is 15.1. The van der Waals surface area contributed by atoms with Crippen LogP contribution in [-0.4, -0.2) is 25.0 Å². The number of hydrogen-bond acceptors (Lipinski definition) is 4. The molecular formula is C21H21N3O3. The summed E-state index contributed by atoms with van der Waals surface area (Å²) in [4.78, 5) is 23.6. The second-order valence-corrected chi connectivity index (χ2v) is 5.65. The lowest BCUT2D eigenvalue weighted by molar-refractivity contribution is -0.123. The molecule has 0 unspecified atom stereocenters. The van der Waals surface area contributed by atoms with E-state index in [1.54, 1.807) is 24.3 Å². The number of carbonyl (C=O) groups excluding carboxylic acids is 2. The summed E-state index contributed by atoms with van der Waals surface area (Å²) >= 11 is 0. The quantitative estimate of drug-likeness (QED) is 0.557.